The van der Waals surface area contributed by atoms with E-state index in [0.717, 1.165) is 36.2 Å². The van der Waals surface area contributed by atoms with E-state index in [0.29, 0.717) is 48.7 Å². The Kier molecular flexibility index (Phi) is 8.55. The van der Waals surface area contributed by atoms with Crippen molar-refractivity contribution in [3.8, 4) is 11.5 Å². The fraction of sp³-hybridized carbons (Fsp3) is 0.367. The highest BCUT2D eigenvalue weighted by atomic mass is 19.4. The third kappa shape index (κ3) is 7.22. The lowest BCUT2D eigenvalue weighted by molar-refractivity contribution is -0.137. The van der Waals surface area contributed by atoms with E-state index in [1.807, 2.05) is 18.2 Å². The summed E-state index contributed by atoms with van der Waals surface area (Å²) in [7, 11) is 1.65. The minimum Gasteiger partial charge on any atom is -0.457 e. The molecule has 0 spiro atoms. The van der Waals surface area contributed by atoms with Gasteiger partial charge in [-0.2, -0.15) is 13.2 Å². The van der Waals surface area contributed by atoms with Gasteiger partial charge in [-0.1, -0.05) is 6.07 Å². The average molecular weight is 568 g/mol. The standard InChI is InChI=1S/C30H32F3N5O3/c1-34-16-18-10-23(30(31,32)33)14-24(11-18)37-28(39)20-3-2-19-4-5-25(13-22(19)12-20)41-26-7-9-36-27(15-26)38-29(40)21-6-8-35-17-21/h4-5,7,9-11,13-15,20-21,34-35H,2-3,6,8,12,16-17H2,1H3,(H,37,39)(H,36,38,40)/t20?,21-/m0/s1. The van der Waals surface area contributed by atoms with E-state index in [2.05, 4.69) is 26.3 Å². The second-order valence-corrected chi connectivity index (χ2v) is 10.5. The molecule has 0 radical (unpaired) electrons. The van der Waals surface area contributed by atoms with Crippen molar-refractivity contribution in [2.75, 3.05) is 30.8 Å². The largest absolute Gasteiger partial charge is 0.457 e. The molecule has 5 rings (SSSR count). The summed E-state index contributed by atoms with van der Waals surface area (Å²) in [5.74, 6) is 0.602. The van der Waals surface area contributed by atoms with Crippen LogP contribution < -0.4 is 26.0 Å². The molecule has 4 N–H and O–H groups in total. The van der Waals surface area contributed by atoms with Gasteiger partial charge < -0.3 is 26.0 Å². The van der Waals surface area contributed by atoms with Crippen LogP contribution in [0.25, 0.3) is 0 Å². The van der Waals surface area contributed by atoms with Crippen molar-refractivity contribution in [1.29, 1.82) is 0 Å². The second kappa shape index (κ2) is 12.3. The fourth-order valence-electron chi connectivity index (χ4n) is 5.28. The van der Waals surface area contributed by atoms with E-state index >= 15 is 0 Å². The predicted octanol–water partition coefficient (Wildman–Crippen LogP) is 4.90. The van der Waals surface area contributed by atoms with Crippen LogP contribution in [0.5, 0.6) is 11.5 Å². The number of carbonyl (C=O) groups is 2. The Hall–Kier alpha value is -3.96. The Labute approximate surface area is 236 Å². The lowest BCUT2D eigenvalue weighted by atomic mass is 9.83. The summed E-state index contributed by atoms with van der Waals surface area (Å²) in [6.45, 7) is 1.71. The first-order chi connectivity index (χ1) is 19.7. The number of carbonyl (C=O) groups excluding carboxylic acids is 2. The third-order valence-electron chi connectivity index (χ3n) is 7.40. The highest BCUT2D eigenvalue weighted by molar-refractivity contribution is 5.93. The van der Waals surface area contributed by atoms with Gasteiger partial charge in [0, 0.05) is 37.0 Å². The molecule has 1 saturated heterocycles. The number of anilines is 2. The molecule has 3 aromatic rings. The molecule has 2 heterocycles. The van der Waals surface area contributed by atoms with E-state index in [1.54, 1.807) is 31.4 Å². The molecule has 2 amide bonds. The van der Waals surface area contributed by atoms with Crippen LogP contribution in [0.3, 0.4) is 0 Å². The number of pyridine rings is 1. The van der Waals surface area contributed by atoms with Gasteiger partial charge in [0.05, 0.1) is 11.5 Å². The quantitative estimate of drug-likeness (QED) is 0.309. The Morgan fingerprint density at radius 3 is 2.54 bits per heavy atom. The third-order valence-corrected chi connectivity index (χ3v) is 7.40. The molecule has 0 bridgehead atoms. The maximum atomic E-state index is 13.4. The van der Waals surface area contributed by atoms with Crippen molar-refractivity contribution in [1.82, 2.24) is 15.6 Å². The topological polar surface area (TPSA) is 104 Å². The van der Waals surface area contributed by atoms with E-state index in [1.165, 1.54) is 0 Å². The second-order valence-electron chi connectivity index (χ2n) is 10.5. The van der Waals surface area contributed by atoms with Crippen molar-refractivity contribution in [3.05, 3.63) is 77.0 Å². The number of nitrogens with one attached hydrogen (secondary N) is 4. The van der Waals surface area contributed by atoms with Crippen LogP contribution in [-0.2, 0) is 35.2 Å². The van der Waals surface area contributed by atoms with Crippen LogP contribution in [0.1, 0.15) is 35.1 Å². The van der Waals surface area contributed by atoms with Gasteiger partial charge in [0.2, 0.25) is 11.8 Å². The highest BCUT2D eigenvalue weighted by Gasteiger charge is 2.32. The average Bonchev–Trinajstić information content (AvgIpc) is 3.48. The van der Waals surface area contributed by atoms with Gasteiger partial charge in [-0.25, -0.2) is 4.98 Å². The first kappa shape index (κ1) is 28.6. The number of hydrogen-bond donors (Lipinski definition) is 4. The van der Waals surface area contributed by atoms with Crippen LogP contribution in [0.2, 0.25) is 0 Å². The molecule has 8 nitrogen and oxygen atoms in total. The highest BCUT2D eigenvalue weighted by Crippen LogP contribution is 2.34. The summed E-state index contributed by atoms with van der Waals surface area (Å²) in [5.41, 5.74) is 1.81. The maximum Gasteiger partial charge on any atom is 0.416 e. The monoisotopic (exact) mass is 567 g/mol. The number of hydrogen-bond acceptors (Lipinski definition) is 6. The zero-order chi connectivity index (χ0) is 29.0. The summed E-state index contributed by atoms with van der Waals surface area (Å²) in [5, 5.41) is 11.6. The minimum atomic E-state index is -4.52. The summed E-state index contributed by atoms with van der Waals surface area (Å²) in [6.07, 6.45) is -0.473. The molecule has 0 saturated carbocycles. The summed E-state index contributed by atoms with van der Waals surface area (Å²) in [6, 6.07) is 12.7. The Balaban J connectivity index is 1.25. The summed E-state index contributed by atoms with van der Waals surface area (Å²) >= 11 is 0. The molecule has 1 fully saturated rings. The van der Waals surface area contributed by atoms with Gasteiger partial charge in [-0.15, -0.1) is 0 Å². The van der Waals surface area contributed by atoms with E-state index in [4.69, 9.17) is 4.74 Å². The molecule has 41 heavy (non-hydrogen) atoms. The number of aromatic nitrogens is 1. The normalized spacial score (nSPS) is 18.4. The van der Waals surface area contributed by atoms with Gasteiger partial charge in [0.25, 0.3) is 0 Å². The molecule has 1 unspecified atom stereocenters. The molecule has 2 aliphatic rings. The number of alkyl halides is 3. The van der Waals surface area contributed by atoms with Gasteiger partial charge in [-0.05, 0) is 92.4 Å². The van der Waals surface area contributed by atoms with Crippen LogP contribution in [-0.4, -0.2) is 36.9 Å². The number of amides is 2. The fourth-order valence-corrected chi connectivity index (χ4v) is 5.28. The molecule has 11 heteroatoms. The van der Waals surface area contributed by atoms with Crippen LogP contribution in [0.4, 0.5) is 24.7 Å². The molecular weight excluding hydrogens is 535 g/mol. The first-order valence-corrected chi connectivity index (χ1v) is 13.6. The van der Waals surface area contributed by atoms with Crippen molar-refractivity contribution in [2.24, 2.45) is 11.8 Å². The van der Waals surface area contributed by atoms with E-state index in [-0.39, 0.29) is 30.0 Å². The van der Waals surface area contributed by atoms with Crippen molar-refractivity contribution < 1.29 is 27.5 Å². The van der Waals surface area contributed by atoms with Gasteiger partial charge in [0.1, 0.15) is 17.3 Å². The van der Waals surface area contributed by atoms with E-state index in [9.17, 15) is 22.8 Å². The molecular formula is C30H32F3N5O3. The SMILES string of the molecule is CNCc1cc(NC(=O)C2CCc3ccc(Oc4ccnc(NC(=O)[C@H]5CCNC5)c4)cc3C2)cc(C(F)(F)F)c1. The number of aryl methyl sites for hydroxylation is 1. The molecule has 1 aliphatic heterocycles. The number of benzene rings is 2. The zero-order valence-corrected chi connectivity index (χ0v) is 22.6. The lowest BCUT2D eigenvalue weighted by Crippen LogP contribution is -2.28. The number of ether oxygens (including phenoxy) is 1. The van der Waals surface area contributed by atoms with Crippen molar-refractivity contribution in [2.45, 2.75) is 38.4 Å². The van der Waals surface area contributed by atoms with Crippen LogP contribution in [0, 0.1) is 11.8 Å². The van der Waals surface area contributed by atoms with Gasteiger partial charge >= 0.3 is 6.18 Å². The Morgan fingerprint density at radius 2 is 1.78 bits per heavy atom. The smallest absolute Gasteiger partial charge is 0.416 e. The predicted molar refractivity (Wildman–Crippen MR) is 149 cm³/mol. The first-order valence-electron chi connectivity index (χ1n) is 13.6. The van der Waals surface area contributed by atoms with Crippen LogP contribution >= 0.6 is 0 Å². The van der Waals surface area contributed by atoms with Crippen molar-refractivity contribution in [3.63, 3.8) is 0 Å². The summed E-state index contributed by atoms with van der Waals surface area (Å²) < 4.78 is 46.3. The van der Waals surface area contributed by atoms with E-state index < -0.39 is 17.7 Å². The molecule has 1 aliphatic carbocycles. The molecule has 2 atom stereocenters. The molecule has 216 valence electrons. The number of fused-ring (bicyclic) bond motifs is 1. The molecule has 2 aromatic carbocycles. The Bertz CT molecular complexity index is 1420. The number of nitrogens with zero attached hydrogens (tertiary/aromatic N) is 1. The van der Waals surface area contributed by atoms with Gasteiger partial charge in [-0.3, -0.25) is 9.59 Å². The van der Waals surface area contributed by atoms with Gasteiger partial charge in [0.15, 0.2) is 0 Å². The van der Waals surface area contributed by atoms with Crippen LogP contribution in [0.15, 0.2) is 54.7 Å². The lowest BCUT2D eigenvalue weighted by Gasteiger charge is -2.25. The number of halogens is 3. The minimum absolute atomic E-state index is 0.0823. The summed E-state index contributed by atoms with van der Waals surface area (Å²) in [4.78, 5) is 29.8. The maximum absolute atomic E-state index is 13.4. The van der Waals surface area contributed by atoms with Crippen molar-refractivity contribution >= 4 is 23.3 Å². The molecule has 1 aromatic heterocycles. The Morgan fingerprint density at radius 1 is 0.976 bits per heavy atom. The zero-order valence-electron chi connectivity index (χ0n) is 22.6. The number of rotatable bonds is 8.